The van der Waals surface area contributed by atoms with Crippen LogP contribution in [0.3, 0.4) is 0 Å². The van der Waals surface area contributed by atoms with Gasteiger partial charge in [-0.3, -0.25) is 4.79 Å². The highest BCUT2D eigenvalue weighted by Gasteiger charge is 2.11. The molecule has 1 aromatic rings. The van der Waals surface area contributed by atoms with Crippen molar-refractivity contribution in [3.8, 4) is 5.75 Å². The molecule has 0 aliphatic carbocycles. The fourth-order valence-electron chi connectivity index (χ4n) is 1.40. The first-order valence-electron chi connectivity index (χ1n) is 5.35. The smallest absolute Gasteiger partial charge is 0.166 e. The van der Waals surface area contributed by atoms with E-state index in [4.69, 9.17) is 4.74 Å². The molecule has 0 unspecified atom stereocenters. The monoisotopic (exact) mass is 206 g/mol. The number of benzene rings is 1. The molecule has 0 fully saturated rings. The van der Waals surface area contributed by atoms with Gasteiger partial charge in [-0.05, 0) is 38.5 Å². The topological polar surface area (TPSA) is 26.3 Å². The van der Waals surface area contributed by atoms with Crippen molar-refractivity contribution in [2.24, 2.45) is 0 Å². The summed E-state index contributed by atoms with van der Waals surface area (Å²) in [7, 11) is 0. The lowest BCUT2D eigenvalue weighted by atomic mass is 10.1. The van der Waals surface area contributed by atoms with Crippen molar-refractivity contribution in [1.29, 1.82) is 0 Å². The number of ether oxygens (including phenoxy) is 1. The molecule has 1 rings (SSSR count). The standard InChI is InChI=1S/C13H18O2/c1-5-12(14)11-7-6-10(4)8-13(11)15-9(2)3/h6-9H,5H2,1-4H3. The van der Waals surface area contributed by atoms with Crippen LogP contribution in [0.1, 0.15) is 43.1 Å². The third-order valence-corrected chi connectivity index (χ3v) is 2.12. The summed E-state index contributed by atoms with van der Waals surface area (Å²) in [5, 5.41) is 0. The van der Waals surface area contributed by atoms with Crippen LogP contribution in [0.2, 0.25) is 0 Å². The minimum Gasteiger partial charge on any atom is -0.490 e. The summed E-state index contributed by atoms with van der Waals surface area (Å²) in [4.78, 5) is 11.6. The Morgan fingerprint density at radius 3 is 2.60 bits per heavy atom. The maximum Gasteiger partial charge on any atom is 0.166 e. The van der Waals surface area contributed by atoms with Crippen LogP contribution in [0.25, 0.3) is 0 Å². The Hall–Kier alpha value is -1.31. The van der Waals surface area contributed by atoms with Crippen LogP contribution >= 0.6 is 0 Å². The van der Waals surface area contributed by atoms with E-state index in [-0.39, 0.29) is 11.9 Å². The maximum absolute atomic E-state index is 11.6. The number of hydrogen-bond acceptors (Lipinski definition) is 2. The Kier molecular flexibility index (Phi) is 3.89. The van der Waals surface area contributed by atoms with Crippen LogP contribution in [-0.2, 0) is 0 Å². The van der Waals surface area contributed by atoms with Gasteiger partial charge in [0.2, 0.25) is 0 Å². The fourth-order valence-corrected chi connectivity index (χ4v) is 1.40. The van der Waals surface area contributed by atoms with Crippen molar-refractivity contribution >= 4 is 5.78 Å². The molecule has 2 nitrogen and oxygen atoms in total. The van der Waals surface area contributed by atoms with Crippen LogP contribution in [-0.4, -0.2) is 11.9 Å². The SMILES string of the molecule is CCC(=O)c1ccc(C)cc1OC(C)C. The van der Waals surface area contributed by atoms with Crippen LogP contribution < -0.4 is 4.74 Å². The largest absolute Gasteiger partial charge is 0.490 e. The van der Waals surface area contributed by atoms with Gasteiger partial charge in [0.25, 0.3) is 0 Å². The van der Waals surface area contributed by atoms with Crippen molar-refractivity contribution in [3.05, 3.63) is 29.3 Å². The molecule has 0 radical (unpaired) electrons. The first-order chi connectivity index (χ1) is 7.04. The summed E-state index contributed by atoms with van der Waals surface area (Å²) in [6.07, 6.45) is 0.604. The zero-order valence-electron chi connectivity index (χ0n) is 9.83. The number of carbonyl (C=O) groups is 1. The lowest BCUT2D eigenvalue weighted by Crippen LogP contribution is -2.10. The zero-order chi connectivity index (χ0) is 11.4. The maximum atomic E-state index is 11.6. The van der Waals surface area contributed by atoms with Gasteiger partial charge in [0.1, 0.15) is 5.75 Å². The summed E-state index contributed by atoms with van der Waals surface area (Å²) in [5.74, 6) is 0.836. The predicted octanol–water partition coefficient (Wildman–Crippen LogP) is 3.37. The van der Waals surface area contributed by atoms with E-state index in [9.17, 15) is 4.79 Å². The molecule has 2 heteroatoms. The van der Waals surface area contributed by atoms with Gasteiger partial charge in [-0.15, -0.1) is 0 Å². The van der Waals surface area contributed by atoms with Crippen molar-refractivity contribution in [1.82, 2.24) is 0 Å². The quantitative estimate of drug-likeness (QED) is 0.706. The van der Waals surface area contributed by atoms with Gasteiger partial charge in [0.05, 0.1) is 11.7 Å². The van der Waals surface area contributed by atoms with Crippen molar-refractivity contribution in [2.75, 3.05) is 0 Å². The molecule has 15 heavy (non-hydrogen) atoms. The molecule has 0 saturated carbocycles. The average molecular weight is 206 g/mol. The highest BCUT2D eigenvalue weighted by molar-refractivity contribution is 5.98. The molecule has 0 bridgehead atoms. The molecular weight excluding hydrogens is 188 g/mol. The van der Waals surface area contributed by atoms with Crippen LogP contribution in [0, 0.1) is 6.92 Å². The second-order valence-corrected chi connectivity index (χ2v) is 3.94. The number of ketones is 1. The first-order valence-corrected chi connectivity index (χ1v) is 5.35. The molecule has 0 amide bonds. The lowest BCUT2D eigenvalue weighted by Gasteiger charge is -2.13. The van der Waals surface area contributed by atoms with E-state index in [1.807, 2.05) is 45.9 Å². The summed E-state index contributed by atoms with van der Waals surface area (Å²) >= 11 is 0. The van der Waals surface area contributed by atoms with Crippen molar-refractivity contribution in [2.45, 2.75) is 40.2 Å². The fraction of sp³-hybridized carbons (Fsp3) is 0.462. The van der Waals surface area contributed by atoms with Crippen molar-refractivity contribution in [3.63, 3.8) is 0 Å². The number of rotatable bonds is 4. The second kappa shape index (κ2) is 4.96. The first kappa shape index (κ1) is 11.8. The third-order valence-electron chi connectivity index (χ3n) is 2.12. The minimum atomic E-state index is 0.0928. The van der Waals surface area contributed by atoms with E-state index < -0.39 is 0 Å². The van der Waals surface area contributed by atoms with E-state index in [0.717, 1.165) is 5.56 Å². The molecule has 0 aliphatic rings. The van der Waals surface area contributed by atoms with Gasteiger partial charge in [-0.1, -0.05) is 13.0 Å². The minimum absolute atomic E-state index is 0.0928. The second-order valence-electron chi connectivity index (χ2n) is 3.94. The average Bonchev–Trinajstić information content (AvgIpc) is 2.16. The molecule has 0 saturated heterocycles. The molecule has 0 aliphatic heterocycles. The third kappa shape index (κ3) is 3.08. The molecule has 0 N–H and O–H groups in total. The van der Waals surface area contributed by atoms with Gasteiger partial charge >= 0.3 is 0 Å². The number of aryl methyl sites for hydroxylation is 1. The Morgan fingerprint density at radius 1 is 1.40 bits per heavy atom. The van der Waals surface area contributed by atoms with Crippen LogP contribution in [0.15, 0.2) is 18.2 Å². The number of hydrogen-bond donors (Lipinski definition) is 0. The van der Waals surface area contributed by atoms with Gasteiger partial charge in [-0.25, -0.2) is 0 Å². The Morgan fingerprint density at radius 2 is 2.07 bits per heavy atom. The molecule has 0 heterocycles. The molecular formula is C13H18O2. The molecule has 82 valence electrons. The molecule has 0 atom stereocenters. The van der Waals surface area contributed by atoms with Gasteiger partial charge in [-0.2, -0.15) is 0 Å². The van der Waals surface area contributed by atoms with E-state index in [1.165, 1.54) is 0 Å². The summed E-state index contributed by atoms with van der Waals surface area (Å²) < 4.78 is 5.63. The molecule has 0 spiro atoms. The Balaban J connectivity index is 3.08. The highest BCUT2D eigenvalue weighted by Crippen LogP contribution is 2.22. The van der Waals surface area contributed by atoms with Gasteiger partial charge in [0.15, 0.2) is 5.78 Å². The van der Waals surface area contributed by atoms with E-state index in [0.29, 0.717) is 17.7 Å². The Labute approximate surface area is 91.3 Å². The predicted molar refractivity (Wildman–Crippen MR) is 61.6 cm³/mol. The van der Waals surface area contributed by atoms with E-state index in [2.05, 4.69) is 0 Å². The summed E-state index contributed by atoms with van der Waals surface area (Å²) in [6.45, 7) is 7.78. The molecule has 1 aromatic carbocycles. The van der Waals surface area contributed by atoms with Crippen molar-refractivity contribution < 1.29 is 9.53 Å². The van der Waals surface area contributed by atoms with E-state index in [1.54, 1.807) is 0 Å². The number of Topliss-reactive ketones (excluding diaryl/α,β-unsaturated/α-hetero) is 1. The van der Waals surface area contributed by atoms with Gasteiger partial charge in [0, 0.05) is 6.42 Å². The van der Waals surface area contributed by atoms with Crippen LogP contribution in [0.4, 0.5) is 0 Å². The van der Waals surface area contributed by atoms with E-state index >= 15 is 0 Å². The van der Waals surface area contributed by atoms with Gasteiger partial charge < -0.3 is 4.74 Å². The molecule has 0 aromatic heterocycles. The highest BCUT2D eigenvalue weighted by atomic mass is 16.5. The van der Waals surface area contributed by atoms with Crippen LogP contribution in [0.5, 0.6) is 5.75 Å². The zero-order valence-corrected chi connectivity index (χ0v) is 9.83. The summed E-state index contributed by atoms with van der Waals surface area (Å²) in [5.41, 5.74) is 1.80. The Bertz CT molecular complexity index is 354. The summed E-state index contributed by atoms with van der Waals surface area (Å²) in [6, 6.07) is 5.71. The normalized spacial score (nSPS) is 10.5. The number of carbonyl (C=O) groups excluding carboxylic acids is 1. The lowest BCUT2D eigenvalue weighted by molar-refractivity contribution is 0.0982.